The number of ether oxygens (including phenoxy) is 1. The van der Waals surface area contributed by atoms with Crippen molar-refractivity contribution in [3.63, 3.8) is 0 Å². The van der Waals surface area contributed by atoms with Gasteiger partial charge in [0.2, 0.25) is 0 Å². The number of carbonyl (C=O) groups is 1. The van der Waals surface area contributed by atoms with Gasteiger partial charge in [0, 0.05) is 5.56 Å². The summed E-state index contributed by atoms with van der Waals surface area (Å²) in [6.45, 7) is 7.14. The molecule has 0 radical (unpaired) electrons. The van der Waals surface area contributed by atoms with Gasteiger partial charge in [-0.25, -0.2) is 0 Å². The van der Waals surface area contributed by atoms with Gasteiger partial charge < -0.3 is 9.84 Å². The van der Waals surface area contributed by atoms with Crippen LogP contribution in [-0.4, -0.2) is 17.7 Å². The zero-order valence-corrected chi connectivity index (χ0v) is 23.4. The number of hydrogen-bond donors (Lipinski definition) is 1. The molecule has 0 fully saturated rings. The zero-order valence-electron chi connectivity index (χ0n) is 23.4. The molecule has 3 heteroatoms. The molecule has 0 saturated heterocycles. The summed E-state index contributed by atoms with van der Waals surface area (Å²) in [7, 11) is 0. The van der Waals surface area contributed by atoms with Gasteiger partial charge in [-0.3, -0.25) is 4.79 Å². The molecule has 35 heavy (non-hydrogen) atoms. The summed E-state index contributed by atoms with van der Waals surface area (Å²) in [4.78, 5) is 13.0. The van der Waals surface area contributed by atoms with E-state index in [2.05, 4.69) is 20.8 Å². The Hall–Kier alpha value is -1.51. The molecule has 0 saturated carbocycles. The molecule has 0 aliphatic carbocycles. The number of hydrogen-bond acceptors (Lipinski definition) is 3. The molecule has 1 aromatic rings. The van der Waals surface area contributed by atoms with Crippen LogP contribution in [-0.2, 0) is 9.53 Å². The fraction of sp³-hybridized carbons (Fsp3) is 0.781. The molecule has 1 rings (SSSR count). The first-order chi connectivity index (χ1) is 17.1. The summed E-state index contributed by atoms with van der Waals surface area (Å²) in [6, 6.07) is 7.26. The van der Waals surface area contributed by atoms with Gasteiger partial charge in [-0.2, -0.15) is 0 Å². The average Bonchev–Trinajstić information content (AvgIpc) is 2.87. The summed E-state index contributed by atoms with van der Waals surface area (Å²) >= 11 is 0. The Bertz CT molecular complexity index is 627. The fourth-order valence-electron chi connectivity index (χ4n) is 4.92. The maximum absolute atomic E-state index is 13.0. The van der Waals surface area contributed by atoms with Gasteiger partial charge >= 0.3 is 5.97 Å². The van der Waals surface area contributed by atoms with Crippen LogP contribution in [0.25, 0.3) is 0 Å². The van der Waals surface area contributed by atoms with Crippen molar-refractivity contribution in [1.29, 1.82) is 0 Å². The predicted octanol–water partition coefficient (Wildman–Crippen LogP) is 10.1. The molecule has 0 aliphatic rings. The minimum Gasteiger partial charge on any atom is -0.508 e. The normalized spacial score (nSPS) is 13.0. The Labute approximate surface area is 217 Å². The smallest absolute Gasteiger partial charge is 0.313 e. The highest BCUT2D eigenvalue weighted by atomic mass is 16.5. The third kappa shape index (κ3) is 15.3. The third-order valence-electron chi connectivity index (χ3n) is 7.45. The van der Waals surface area contributed by atoms with E-state index >= 15 is 0 Å². The van der Waals surface area contributed by atoms with Crippen molar-refractivity contribution in [2.45, 2.75) is 149 Å². The minimum absolute atomic E-state index is 0.170. The number of esters is 1. The number of para-hydroxylation sites is 1. The lowest BCUT2D eigenvalue weighted by atomic mass is 9.92. The molecule has 0 aromatic heterocycles. The molecule has 202 valence electrons. The van der Waals surface area contributed by atoms with E-state index in [1.807, 2.05) is 18.2 Å². The SMILES string of the molecule is CCCCCCCCCCCCCCCCC(C(=O)OCC(CC)CCCC)c1ccccc1O. The van der Waals surface area contributed by atoms with Crippen LogP contribution in [0.2, 0.25) is 0 Å². The number of benzene rings is 1. The van der Waals surface area contributed by atoms with Gasteiger partial charge in [0.1, 0.15) is 5.75 Å². The molecule has 1 aromatic carbocycles. The fourth-order valence-corrected chi connectivity index (χ4v) is 4.92. The van der Waals surface area contributed by atoms with Crippen molar-refractivity contribution in [3.8, 4) is 5.75 Å². The van der Waals surface area contributed by atoms with Crippen LogP contribution in [0.1, 0.15) is 154 Å². The van der Waals surface area contributed by atoms with Crippen LogP contribution in [0.4, 0.5) is 0 Å². The molecule has 0 bridgehead atoms. The lowest BCUT2D eigenvalue weighted by molar-refractivity contribution is -0.147. The van der Waals surface area contributed by atoms with Crippen LogP contribution in [0.3, 0.4) is 0 Å². The highest BCUT2D eigenvalue weighted by Gasteiger charge is 2.25. The minimum atomic E-state index is -0.364. The maximum atomic E-state index is 13.0. The topological polar surface area (TPSA) is 46.5 Å². The number of phenols is 1. The summed E-state index contributed by atoms with van der Waals surface area (Å²) in [5.41, 5.74) is 0.716. The molecule has 2 atom stereocenters. The van der Waals surface area contributed by atoms with E-state index in [0.717, 1.165) is 32.1 Å². The van der Waals surface area contributed by atoms with Crippen molar-refractivity contribution in [2.24, 2.45) is 5.92 Å². The van der Waals surface area contributed by atoms with Crippen molar-refractivity contribution < 1.29 is 14.6 Å². The predicted molar refractivity (Wildman–Crippen MR) is 150 cm³/mol. The van der Waals surface area contributed by atoms with Gasteiger partial charge in [-0.1, -0.05) is 148 Å². The van der Waals surface area contributed by atoms with Gasteiger partial charge in [-0.15, -0.1) is 0 Å². The Balaban J connectivity index is 2.30. The van der Waals surface area contributed by atoms with Crippen LogP contribution < -0.4 is 0 Å². The van der Waals surface area contributed by atoms with E-state index in [4.69, 9.17) is 4.74 Å². The standard InChI is InChI=1S/C32H56O3/c1-4-7-9-10-11-12-13-14-15-16-17-18-19-20-25-30(29-24-21-22-26-31(29)33)32(34)35-27-28(6-3)23-8-5-2/h21-22,24,26,28,30,33H,4-20,23,25,27H2,1-3H3. The highest BCUT2D eigenvalue weighted by molar-refractivity contribution is 5.79. The summed E-state index contributed by atoms with van der Waals surface area (Å²) in [6.07, 6.45) is 23.8. The molecule has 0 spiro atoms. The Morgan fingerprint density at radius 1 is 0.714 bits per heavy atom. The summed E-state index contributed by atoms with van der Waals surface area (Å²) in [5, 5.41) is 10.4. The summed E-state index contributed by atoms with van der Waals surface area (Å²) in [5.74, 6) is 0.108. The van der Waals surface area contributed by atoms with Crippen LogP contribution >= 0.6 is 0 Å². The Morgan fingerprint density at radius 2 is 1.23 bits per heavy atom. The van der Waals surface area contributed by atoms with Crippen LogP contribution in [0, 0.1) is 5.92 Å². The lowest BCUT2D eigenvalue weighted by Crippen LogP contribution is -2.20. The molecular weight excluding hydrogens is 432 g/mol. The number of phenolic OH excluding ortho intramolecular Hbond substituents is 1. The van der Waals surface area contributed by atoms with Crippen molar-refractivity contribution in [2.75, 3.05) is 6.61 Å². The Morgan fingerprint density at radius 3 is 1.74 bits per heavy atom. The zero-order chi connectivity index (χ0) is 25.6. The average molecular weight is 489 g/mol. The highest BCUT2D eigenvalue weighted by Crippen LogP contribution is 2.31. The van der Waals surface area contributed by atoms with Crippen molar-refractivity contribution in [3.05, 3.63) is 29.8 Å². The molecular formula is C32H56O3. The molecule has 0 amide bonds. The first-order valence-corrected chi connectivity index (χ1v) is 15.1. The van der Waals surface area contributed by atoms with Crippen LogP contribution in [0.5, 0.6) is 5.75 Å². The molecule has 3 nitrogen and oxygen atoms in total. The quantitative estimate of drug-likeness (QED) is 0.123. The number of carbonyl (C=O) groups excluding carboxylic acids is 1. The molecule has 2 unspecified atom stereocenters. The van der Waals surface area contributed by atoms with E-state index in [-0.39, 0.29) is 17.6 Å². The van der Waals surface area contributed by atoms with Crippen LogP contribution in [0.15, 0.2) is 24.3 Å². The van der Waals surface area contributed by atoms with Gasteiger partial charge in [-0.05, 0) is 24.8 Å². The molecule has 1 N–H and O–H groups in total. The number of rotatable bonds is 23. The second kappa shape index (κ2) is 21.7. The number of aromatic hydroxyl groups is 1. The van der Waals surface area contributed by atoms with E-state index in [0.29, 0.717) is 18.1 Å². The first kappa shape index (κ1) is 31.5. The van der Waals surface area contributed by atoms with Crippen molar-refractivity contribution in [1.82, 2.24) is 0 Å². The largest absolute Gasteiger partial charge is 0.508 e. The van der Waals surface area contributed by atoms with Crippen molar-refractivity contribution >= 4 is 5.97 Å². The van der Waals surface area contributed by atoms with Gasteiger partial charge in [0.05, 0.1) is 12.5 Å². The van der Waals surface area contributed by atoms with E-state index in [9.17, 15) is 9.90 Å². The van der Waals surface area contributed by atoms with Gasteiger partial charge in [0.25, 0.3) is 0 Å². The first-order valence-electron chi connectivity index (χ1n) is 15.1. The third-order valence-corrected chi connectivity index (χ3v) is 7.45. The molecule has 0 aliphatic heterocycles. The van der Waals surface area contributed by atoms with E-state index in [1.165, 1.54) is 89.9 Å². The lowest BCUT2D eigenvalue weighted by Gasteiger charge is -2.20. The Kier molecular flexibility index (Phi) is 19.6. The van der Waals surface area contributed by atoms with E-state index < -0.39 is 0 Å². The second-order valence-electron chi connectivity index (χ2n) is 10.5. The van der Waals surface area contributed by atoms with E-state index in [1.54, 1.807) is 6.07 Å². The molecule has 0 heterocycles. The monoisotopic (exact) mass is 488 g/mol. The maximum Gasteiger partial charge on any atom is 0.313 e. The second-order valence-corrected chi connectivity index (χ2v) is 10.5. The summed E-state index contributed by atoms with van der Waals surface area (Å²) < 4.78 is 5.78. The number of unbranched alkanes of at least 4 members (excludes halogenated alkanes) is 14. The van der Waals surface area contributed by atoms with Gasteiger partial charge in [0.15, 0.2) is 0 Å².